The summed E-state index contributed by atoms with van der Waals surface area (Å²) in [7, 11) is -3.24. The van der Waals surface area contributed by atoms with E-state index in [1.165, 1.54) is 50.3 Å². The summed E-state index contributed by atoms with van der Waals surface area (Å²) in [6.45, 7) is 5.73. The van der Waals surface area contributed by atoms with Gasteiger partial charge >= 0.3 is 0 Å². The van der Waals surface area contributed by atoms with Crippen LogP contribution in [0, 0.1) is 5.92 Å². The van der Waals surface area contributed by atoms with Gasteiger partial charge in [-0.3, -0.25) is 4.72 Å². The van der Waals surface area contributed by atoms with E-state index >= 15 is 0 Å². The highest BCUT2D eigenvalue weighted by Gasteiger charge is 2.50. The van der Waals surface area contributed by atoms with Gasteiger partial charge in [-0.05, 0) is 67.7 Å². The van der Waals surface area contributed by atoms with Crippen molar-refractivity contribution in [3.8, 4) is 0 Å². The first kappa shape index (κ1) is 18.7. The average molecular weight is 365 g/mol. The van der Waals surface area contributed by atoms with E-state index in [1.807, 2.05) is 12.1 Å². The highest BCUT2D eigenvalue weighted by molar-refractivity contribution is 7.92. The van der Waals surface area contributed by atoms with Gasteiger partial charge in [0.15, 0.2) is 0 Å². The number of fused-ring (bicyclic) bond motifs is 2. The Labute approximate surface area is 152 Å². The lowest BCUT2D eigenvalue weighted by Crippen LogP contribution is -2.61. The van der Waals surface area contributed by atoms with Crippen LogP contribution in [0.5, 0.6) is 0 Å². The molecule has 2 N–H and O–H groups in total. The van der Waals surface area contributed by atoms with Crippen LogP contribution in [0.2, 0.25) is 0 Å². The number of hydrogen-bond donors (Lipinski definition) is 2. The maximum atomic E-state index is 11.6. The van der Waals surface area contributed by atoms with Gasteiger partial charge in [-0.1, -0.05) is 38.8 Å². The van der Waals surface area contributed by atoms with E-state index in [4.69, 9.17) is 0 Å². The van der Waals surface area contributed by atoms with Crippen LogP contribution in [0.4, 0.5) is 5.69 Å². The SMILES string of the molecule is CCCC(C)C12CCCC(c3cccc(NS(C)(=O)=O)c3)(CCN1)C2. The molecule has 5 heteroatoms. The van der Waals surface area contributed by atoms with Gasteiger partial charge < -0.3 is 5.32 Å². The summed E-state index contributed by atoms with van der Waals surface area (Å²) in [5, 5.41) is 3.88. The highest BCUT2D eigenvalue weighted by Crippen LogP contribution is 2.51. The predicted molar refractivity (Wildman–Crippen MR) is 104 cm³/mol. The van der Waals surface area contributed by atoms with Crippen LogP contribution in [0.1, 0.15) is 64.4 Å². The fourth-order valence-electron chi connectivity index (χ4n) is 5.26. The Hall–Kier alpha value is -1.07. The van der Waals surface area contributed by atoms with Crippen molar-refractivity contribution in [2.24, 2.45) is 5.92 Å². The molecule has 1 aliphatic heterocycles. The summed E-state index contributed by atoms with van der Waals surface area (Å²) in [5.41, 5.74) is 2.41. The Morgan fingerprint density at radius 2 is 2.08 bits per heavy atom. The summed E-state index contributed by atoms with van der Waals surface area (Å²) in [4.78, 5) is 0. The van der Waals surface area contributed by atoms with Crippen LogP contribution in [0.15, 0.2) is 24.3 Å². The van der Waals surface area contributed by atoms with Gasteiger partial charge in [0.25, 0.3) is 0 Å². The van der Waals surface area contributed by atoms with Crippen LogP contribution >= 0.6 is 0 Å². The standard InChI is InChI=1S/C20H32N2O2S/c1-4-7-16(2)20-11-6-10-19(15-20,12-13-21-20)17-8-5-9-18(14-17)22-25(3,23)24/h5,8-9,14,16,21-22H,4,6-7,10-13,15H2,1-3H3. The topological polar surface area (TPSA) is 58.2 Å². The molecule has 25 heavy (non-hydrogen) atoms. The molecule has 2 fully saturated rings. The summed E-state index contributed by atoms with van der Waals surface area (Å²) in [6.07, 6.45) is 9.71. The lowest BCUT2D eigenvalue weighted by molar-refractivity contribution is 0.0528. The molecule has 0 radical (unpaired) electrons. The second kappa shape index (κ2) is 6.92. The van der Waals surface area contributed by atoms with Gasteiger partial charge in [0.1, 0.15) is 0 Å². The number of sulfonamides is 1. The quantitative estimate of drug-likeness (QED) is 0.801. The third-order valence-electron chi connectivity index (χ3n) is 6.46. The molecule has 0 amide bonds. The Bertz CT molecular complexity index is 704. The van der Waals surface area contributed by atoms with Crippen LogP contribution in [0.25, 0.3) is 0 Å². The Balaban J connectivity index is 1.92. The van der Waals surface area contributed by atoms with Crippen LogP contribution < -0.4 is 10.0 Å². The van der Waals surface area contributed by atoms with Gasteiger partial charge in [-0.25, -0.2) is 8.42 Å². The smallest absolute Gasteiger partial charge is 0.229 e. The number of piperidine rings is 1. The monoisotopic (exact) mass is 364 g/mol. The Morgan fingerprint density at radius 3 is 2.80 bits per heavy atom. The fraction of sp³-hybridized carbons (Fsp3) is 0.700. The molecule has 1 saturated carbocycles. The second-order valence-corrected chi connectivity index (χ2v) is 10.0. The molecule has 1 aliphatic carbocycles. The summed E-state index contributed by atoms with van der Waals surface area (Å²) >= 11 is 0. The molecule has 1 saturated heterocycles. The van der Waals surface area contributed by atoms with Crippen molar-refractivity contribution in [2.75, 3.05) is 17.5 Å². The van der Waals surface area contributed by atoms with Gasteiger partial charge in [-0.2, -0.15) is 0 Å². The lowest BCUT2D eigenvalue weighted by Gasteiger charge is -2.56. The summed E-state index contributed by atoms with van der Waals surface area (Å²) in [6, 6.07) is 8.09. The number of nitrogens with one attached hydrogen (secondary N) is 2. The Morgan fingerprint density at radius 1 is 1.28 bits per heavy atom. The van der Waals surface area contributed by atoms with Crippen molar-refractivity contribution in [3.63, 3.8) is 0 Å². The van der Waals surface area contributed by atoms with Crippen LogP contribution in [-0.4, -0.2) is 26.8 Å². The molecule has 0 spiro atoms. The highest BCUT2D eigenvalue weighted by atomic mass is 32.2. The molecule has 2 aliphatic rings. The van der Waals surface area contributed by atoms with E-state index in [0.717, 1.165) is 13.0 Å². The average Bonchev–Trinajstić information content (AvgIpc) is 2.54. The number of rotatable bonds is 6. The molecule has 1 aromatic rings. The zero-order valence-electron chi connectivity index (χ0n) is 15.8. The minimum Gasteiger partial charge on any atom is -0.311 e. The third-order valence-corrected chi connectivity index (χ3v) is 7.06. The Kier molecular flexibility index (Phi) is 5.18. The zero-order valence-corrected chi connectivity index (χ0v) is 16.6. The first-order chi connectivity index (χ1) is 11.8. The molecule has 3 rings (SSSR count). The number of benzene rings is 1. The molecule has 2 bridgehead atoms. The molecule has 3 unspecified atom stereocenters. The van der Waals surface area contributed by atoms with Crippen LogP contribution in [-0.2, 0) is 15.4 Å². The van der Waals surface area contributed by atoms with Gasteiger partial charge in [0.2, 0.25) is 10.0 Å². The van der Waals surface area contributed by atoms with E-state index < -0.39 is 10.0 Å². The van der Waals surface area contributed by atoms with Gasteiger partial charge in [0.05, 0.1) is 6.26 Å². The fourth-order valence-corrected chi connectivity index (χ4v) is 5.81. The van der Waals surface area contributed by atoms with Gasteiger partial charge in [-0.15, -0.1) is 0 Å². The maximum Gasteiger partial charge on any atom is 0.229 e. The van der Waals surface area contributed by atoms with E-state index in [2.05, 4.69) is 36.0 Å². The number of hydrogen-bond acceptors (Lipinski definition) is 3. The molecular weight excluding hydrogens is 332 g/mol. The third kappa shape index (κ3) is 3.87. The molecule has 4 nitrogen and oxygen atoms in total. The minimum absolute atomic E-state index is 0.181. The van der Waals surface area contributed by atoms with E-state index in [9.17, 15) is 8.42 Å². The van der Waals surface area contributed by atoms with Crippen molar-refractivity contribution < 1.29 is 8.42 Å². The van der Waals surface area contributed by atoms with Crippen molar-refractivity contribution in [1.29, 1.82) is 0 Å². The molecular formula is C20H32N2O2S. The second-order valence-electron chi connectivity index (χ2n) is 8.29. The minimum atomic E-state index is -3.24. The zero-order chi connectivity index (χ0) is 18.1. The largest absolute Gasteiger partial charge is 0.311 e. The molecule has 140 valence electrons. The van der Waals surface area contributed by atoms with Crippen molar-refractivity contribution in [2.45, 2.75) is 69.7 Å². The lowest BCUT2D eigenvalue weighted by atomic mass is 9.56. The van der Waals surface area contributed by atoms with Crippen molar-refractivity contribution >= 4 is 15.7 Å². The van der Waals surface area contributed by atoms with Crippen molar-refractivity contribution in [1.82, 2.24) is 5.32 Å². The molecule has 0 aromatic heterocycles. The predicted octanol–water partition coefficient (Wildman–Crippen LogP) is 4.04. The van der Waals surface area contributed by atoms with Crippen molar-refractivity contribution in [3.05, 3.63) is 29.8 Å². The first-order valence-electron chi connectivity index (χ1n) is 9.62. The molecule has 1 aromatic carbocycles. The molecule has 3 atom stereocenters. The molecule has 1 heterocycles. The van der Waals surface area contributed by atoms with E-state index in [1.54, 1.807) is 0 Å². The van der Waals surface area contributed by atoms with Crippen LogP contribution in [0.3, 0.4) is 0 Å². The van der Waals surface area contributed by atoms with Gasteiger partial charge in [0, 0.05) is 11.2 Å². The maximum absolute atomic E-state index is 11.6. The van der Waals surface area contributed by atoms with E-state index in [-0.39, 0.29) is 11.0 Å². The summed E-state index contributed by atoms with van der Waals surface area (Å²) < 4.78 is 25.8. The van der Waals surface area contributed by atoms with E-state index in [0.29, 0.717) is 11.6 Å². The number of anilines is 1. The first-order valence-corrected chi connectivity index (χ1v) is 11.5. The normalized spacial score (nSPS) is 30.7. The summed E-state index contributed by atoms with van der Waals surface area (Å²) in [5.74, 6) is 0.676.